The molecule has 3 rings (SSSR count). The molecule has 146 valence electrons. The largest absolute Gasteiger partial charge is 0.461 e. The lowest BCUT2D eigenvalue weighted by Gasteiger charge is -2.10. The lowest BCUT2D eigenvalue weighted by atomic mass is 10.4. The van der Waals surface area contributed by atoms with E-state index < -0.39 is 0 Å². The van der Waals surface area contributed by atoms with Crippen molar-refractivity contribution in [3.8, 4) is 11.6 Å². The molecular formula is C17H24IN7OS. The van der Waals surface area contributed by atoms with Crippen LogP contribution in [-0.2, 0) is 19.4 Å². The fourth-order valence-corrected chi connectivity index (χ4v) is 3.15. The van der Waals surface area contributed by atoms with Gasteiger partial charge in [0.2, 0.25) is 5.82 Å². The Morgan fingerprint density at radius 2 is 2.22 bits per heavy atom. The van der Waals surface area contributed by atoms with Gasteiger partial charge in [0, 0.05) is 30.6 Å². The van der Waals surface area contributed by atoms with Gasteiger partial charge in [0.1, 0.15) is 12.4 Å². The molecule has 3 aromatic rings. The molecule has 0 fully saturated rings. The van der Waals surface area contributed by atoms with E-state index in [0.29, 0.717) is 24.0 Å². The van der Waals surface area contributed by atoms with E-state index in [1.807, 2.05) is 25.3 Å². The number of rotatable bonds is 8. The predicted molar refractivity (Wildman–Crippen MR) is 118 cm³/mol. The van der Waals surface area contributed by atoms with Crippen LogP contribution in [0.1, 0.15) is 29.6 Å². The van der Waals surface area contributed by atoms with Crippen molar-refractivity contribution < 1.29 is 4.42 Å². The summed E-state index contributed by atoms with van der Waals surface area (Å²) in [7, 11) is 0. The molecule has 0 unspecified atom stereocenters. The minimum Gasteiger partial charge on any atom is -0.461 e. The first-order chi connectivity index (χ1) is 12.8. The number of aryl methyl sites for hydroxylation is 1. The predicted octanol–water partition coefficient (Wildman–Crippen LogP) is 3.00. The van der Waals surface area contributed by atoms with Gasteiger partial charge in [0.15, 0.2) is 11.7 Å². The Labute approximate surface area is 179 Å². The van der Waals surface area contributed by atoms with Crippen LogP contribution in [0.15, 0.2) is 34.0 Å². The molecule has 27 heavy (non-hydrogen) atoms. The topological polar surface area (TPSA) is 104 Å². The van der Waals surface area contributed by atoms with Gasteiger partial charge < -0.3 is 15.1 Å². The van der Waals surface area contributed by atoms with Gasteiger partial charge in [-0.25, -0.2) is 15.0 Å². The van der Waals surface area contributed by atoms with Gasteiger partial charge in [-0.1, -0.05) is 6.92 Å². The number of halogens is 1. The number of nitrogens with zero attached hydrogens (tertiary/aromatic N) is 4. The van der Waals surface area contributed by atoms with Gasteiger partial charge in [0.25, 0.3) is 0 Å². The van der Waals surface area contributed by atoms with Gasteiger partial charge in [-0.2, -0.15) is 0 Å². The van der Waals surface area contributed by atoms with Gasteiger partial charge in [0.05, 0.1) is 11.3 Å². The van der Waals surface area contributed by atoms with E-state index in [1.54, 1.807) is 17.6 Å². The summed E-state index contributed by atoms with van der Waals surface area (Å²) in [6.45, 7) is 6.15. The Bertz CT molecular complexity index is 828. The lowest BCUT2D eigenvalue weighted by Crippen LogP contribution is -2.38. The first-order valence-electron chi connectivity index (χ1n) is 8.69. The van der Waals surface area contributed by atoms with Crippen molar-refractivity contribution in [2.75, 3.05) is 13.1 Å². The van der Waals surface area contributed by atoms with Gasteiger partial charge in [-0.15, -0.1) is 40.4 Å². The van der Waals surface area contributed by atoms with Crippen molar-refractivity contribution in [3.63, 3.8) is 0 Å². The second-order valence-electron chi connectivity index (χ2n) is 5.53. The standard InChI is InChI=1S/C17H23N7OS.HI/c1-3-12-10-20-15(26-12)7-8-19-17(18-4-2)21-11-14-22-16(24-23-14)13-6-5-9-25-13;/h5-6,9-10H,3-4,7-8,11H2,1-2H3,(H2,18,19,21)(H,22,23,24);1H. The molecule has 0 aromatic carbocycles. The molecular weight excluding hydrogens is 477 g/mol. The maximum Gasteiger partial charge on any atom is 0.216 e. The average molecular weight is 501 g/mol. The smallest absolute Gasteiger partial charge is 0.216 e. The Hall–Kier alpha value is -1.95. The summed E-state index contributed by atoms with van der Waals surface area (Å²) in [4.78, 5) is 14.7. The molecule has 0 amide bonds. The maximum atomic E-state index is 5.29. The summed E-state index contributed by atoms with van der Waals surface area (Å²) in [6.07, 6.45) is 5.47. The number of guanidine groups is 1. The summed E-state index contributed by atoms with van der Waals surface area (Å²) in [5, 5.41) is 14.7. The molecule has 0 spiro atoms. The Morgan fingerprint density at radius 3 is 2.93 bits per heavy atom. The zero-order valence-electron chi connectivity index (χ0n) is 15.4. The van der Waals surface area contributed by atoms with Crippen molar-refractivity contribution in [3.05, 3.63) is 40.3 Å². The number of furan rings is 1. The van der Waals surface area contributed by atoms with Gasteiger partial charge in [-0.3, -0.25) is 5.10 Å². The quantitative estimate of drug-likeness (QED) is 0.249. The summed E-state index contributed by atoms with van der Waals surface area (Å²) >= 11 is 1.77. The second-order valence-corrected chi connectivity index (χ2v) is 6.73. The van der Waals surface area contributed by atoms with E-state index in [1.165, 1.54) is 4.88 Å². The van der Waals surface area contributed by atoms with Crippen LogP contribution in [-0.4, -0.2) is 39.2 Å². The van der Waals surface area contributed by atoms with Crippen molar-refractivity contribution in [2.24, 2.45) is 4.99 Å². The van der Waals surface area contributed by atoms with Gasteiger partial charge >= 0.3 is 0 Å². The highest BCUT2D eigenvalue weighted by Gasteiger charge is 2.08. The minimum atomic E-state index is 0. The molecule has 3 heterocycles. The minimum absolute atomic E-state index is 0. The van der Waals surface area contributed by atoms with Crippen molar-refractivity contribution in [1.29, 1.82) is 0 Å². The molecule has 0 bridgehead atoms. The second kappa shape index (κ2) is 11.0. The van der Waals surface area contributed by atoms with Crippen LogP contribution >= 0.6 is 35.3 Å². The van der Waals surface area contributed by atoms with E-state index in [-0.39, 0.29) is 24.0 Å². The lowest BCUT2D eigenvalue weighted by molar-refractivity contribution is 0.577. The number of aromatic nitrogens is 4. The van der Waals surface area contributed by atoms with Crippen molar-refractivity contribution >= 4 is 41.3 Å². The van der Waals surface area contributed by atoms with Crippen LogP contribution in [0, 0.1) is 0 Å². The van der Waals surface area contributed by atoms with Crippen LogP contribution < -0.4 is 10.6 Å². The summed E-state index contributed by atoms with van der Waals surface area (Å²) in [6, 6.07) is 3.63. The highest BCUT2D eigenvalue weighted by Crippen LogP contribution is 2.15. The molecule has 0 radical (unpaired) electrons. The molecule has 0 saturated heterocycles. The van der Waals surface area contributed by atoms with Crippen LogP contribution in [0.4, 0.5) is 0 Å². The molecule has 0 saturated carbocycles. The van der Waals surface area contributed by atoms with E-state index in [0.717, 1.165) is 36.9 Å². The fraction of sp³-hybridized carbons (Fsp3) is 0.412. The van der Waals surface area contributed by atoms with Crippen LogP contribution in [0.3, 0.4) is 0 Å². The number of hydrogen-bond acceptors (Lipinski definition) is 6. The Balaban J connectivity index is 0.00000261. The first-order valence-corrected chi connectivity index (χ1v) is 9.51. The number of H-pyrrole nitrogens is 1. The molecule has 0 atom stereocenters. The monoisotopic (exact) mass is 501 g/mol. The third-order valence-corrected chi connectivity index (χ3v) is 4.79. The van der Waals surface area contributed by atoms with Crippen molar-refractivity contribution in [1.82, 2.24) is 30.8 Å². The fourth-order valence-electron chi connectivity index (χ4n) is 2.29. The Kier molecular flexibility index (Phi) is 8.72. The van der Waals surface area contributed by atoms with Gasteiger partial charge in [-0.05, 0) is 25.5 Å². The first kappa shape index (κ1) is 21.4. The van der Waals surface area contributed by atoms with E-state index >= 15 is 0 Å². The molecule has 0 aliphatic carbocycles. The van der Waals surface area contributed by atoms with E-state index in [2.05, 4.69) is 42.7 Å². The molecule has 0 aliphatic rings. The normalized spacial score (nSPS) is 11.3. The number of nitrogens with one attached hydrogen (secondary N) is 3. The molecule has 10 heteroatoms. The maximum absolute atomic E-state index is 5.29. The van der Waals surface area contributed by atoms with Crippen LogP contribution in [0.25, 0.3) is 11.6 Å². The van der Waals surface area contributed by atoms with Crippen molar-refractivity contribution in [2.45, 2.75) is 33.2 Å². The highest BCUT2D eigenvalue weighted by atomic mass is 127. The zero-order chi connectivity index (χ0) is 18.2. The SMILES string of the molecule is CCNC(=NCc1nc(-c2ccco2)n[nH]1)NCCc1ncc(CC)s1.I. The van der Waals surface area contributed by atoms with Crippen LogP contribution in [0.2, 0.25) is 0 Å². The molecule has 3 N–H and O–H groups in total. The third kappa shape index (κ3) is 6.31. The molecule has 8 nitrogen and oxygen atoms in total. The number of hydrogen-bond donors (Lipinski definition) is 3. The Morgan fingerprint density at radius 1 is 1.33 bits per heavy atom. The van der Waals surface area contributed by atoms with E-state index in [4.69, 9.17) is 4.42 Å². The number of aromatic amines is 1. The molecule has 3 aromatic heterocycles. The average Bonchev–Trinajstić information content (AvgIpc) is 3.40. The number of thiazole rings is 1. The zero-order valence-corrected chi connectivity index (χ0v) is 18.5. The summed E-state index contributed by atoms with van der Waals surface area (Å²) in [5.41, 5.74) is 0. The molecule has 0 aliphatic heterocycles. The third-order valence-electron chi connectivity index (χ3n) is 3.59. The summed E-state index contributed by atoms with van der Waals surface area (Å²) in [5.74, 6) is 2.60. The number of aliphatic imine (C=N–C) groups is 1. The van der Waals surface area contributed by atoms with E-state index in [9.17, 15) is 0 Å². The summed E-state index contributed by atoms with van der Waals surface area (Å²) < 4.78 is 5.29. The highest BCUT2D eigenvalue weighted by molar-refractivity contribution is 14.0. The van der Waals surface area contributed by atoms with Crippen LogP contribution in [0.5, 0.6) is 0 Å².